The summed E-state index contributed by atoms with van der Waals surface area (Å²) in [6.45, 7) is 2.54. The first-order chi connectivity index (χ1) is 10.6. The van der Waals surface area contributed by atoms with Crippen LogP contribution in [0.1, 0.15) is 12.0 Å². The predicted octanol–water partition coefficient (Wildman–Crippen LogP) is 3.51. The molecule has 22 heavy (non-hydrogen) atoms. The molecule has 0 spiro atoms. The number of carbonyl (C=O) groups excluding carboxylic acids is 1. The number of rotatable bonds is 4. The molecule has 0 bridgehead atoms. The number of carbonyl (C=O) groups is 1. The van der Waals surface area contributed by atoms with E-state index in [2.05, 4.69) is 10.4 Å². The van der Waals surface area contributed by atoms with Gasteiger partial charge in [0, 0.05) is 17.5 Å². The van der Waals surface area contributed by atoms with Gasteiger partial charge < -0.3 is 5.32 Å². The van der Waals surface area contributed by atoms with Crippen LogP contribution in [0, 0.1) is 12.7 Å². The highest BCUT2D eigenvalue weighted by Gasteiger charge is 2.07. The van der Waals surface area contributed by atoms with E-state index in [1.54, 1.807) is 12.1 Å². The maximum Gasteiger partial charge on any atom is 0.226 e. The molecule has 3 aromatic rings. The first kappa shape index (κ1) is 14.3. The lowest BCUT2D eigenvalue weighted by Crippen LogP contribution is -2.14. The first-order valence-electron chi connectivity index (χ1n) is 7.10. The summed E-state index contributed by atoms with van der Waals surface area (Å²) in [4.78, 5) is 11.9. The molecule has 4 nitrogen and oxygen atoms in total. The Kier molecular flexibility index (Phi) is 3.87. The third kappa shape index (κ3) is 2.98. The van der Waals surface area contributed by atoms with Crippen molar-refractivity contribution in [1.29, 1.82) is 0 Å². The van der Waals surface area contributed by atoms with Crippen LogP contribution < -0.4 is 5.32 Å². The topological polar surface area (TPSA) is 46.9 Å². The lowest BCUT2D eigenvalue weighted by Gasteiger charge is -2.06. The summed E-state index contributed by atoms with van der Waals surface area (Å²) in [7, 11) is 0. The van der Waals surface area contributed by atoms with E-state index in [-0.39, 0.29) is 11.7 Å². The van der Waals surface area contributed by atoms with E-state index in [1.807, 2.05) is 36.0 Å². The second kappa shape index (κ2) is 5.97. The van der Waals surface area contributed by atoms with E-state index in [1.165, 1.54) is 17.7 Å². The average molecular weight is 297 g/mol. The normalized spacial score (nSPS) is 10.8. The highest BCUT2D eigenvalue weighted by atomic mass is 19.1. The quantitative estimate of drug-likeness (QED) is 0.801. The molecular weight excluding hydrogens is 281 g/mol. The molecule has 0 aliphatic rings. The zero-order valence-electron chi connectivity index (χ0n) is 12.2. The van der Waals surface area contributed by atoms with E-state index in [0.717, 1.165) is 10.9 Å². The molecule has 0 unspecified atom stereocenters. The van der Waals surface area contributed by atoms with Gasteiger partial charge >= 0.3 is 0 Å². The summed E-state index contributed by atoms with van der Waals surface area (Å²) >= 11 is 0. The lowest BCUT2D eigenvalue weighted by molar-refractivity contribution is -0.116. The molecule has 0 radical (unpaired) electrons. The average Bonchev–Trinajstić information content (AvgIpc) is 2.92. The van der Waals surface area contributed by atoms with Crippen molar-refractivity contribution in [3.8, 4) is 0 Å². The molecule has 112 valence electrons. The Balaban J connectivity index is 1.65. The van der Waals surface area contributed by atoms with Crippen LogP contribution in [-0.2, 0) is 11.3 Å². The van der Waals surface area contributed by atoms with E-state index < -0.39 is 0 Å². The molecule has 0 saturated carbocycles. The van der Waals surface area contributed by atoms with Gasteiger partial charge in [0.05, 0.1) is 18.3 Å². The molecule has 0 fully saturated rings. The van der Waals surface area contributed by atoms with Crippen molar-refractivity contribution in [2.75, 3.05) is 5.32 Å². The van der Waals surface area contributed by atoms with Crippen LogP contribution >= 0.6 is 0 Å². The molecule has 5 heteroatoms. The molecular formula is C17H16FN3O. The highest BCUT2D eigenvalue weighted by Crippen LogP contribution is 2.18. The van der Waals surface area contributed by atoms with Crippen molar-refractivity contribution in [2.24, 2.45) is 0 Å². The molecule has 2 aromatic carbocycles. The van der Waals surface area contributed by atoms with Crippen LogP contribution in [0.25, 0.3) is 10.9 Å². The summed E-state index contributed by atoms with van der Waals surface area (Å²) < 4.78 is 14.6. The van der Waals surface area contributed by atoms with Crippen LogP contribution in [0.4, 0.5) is 10.1 Å². The van der Waals surface area contributed by atoms with E-state index in [0.29, 0.717) is 18.7 Å². The molecule has 3 rings (SSSR count). The maximum atomic E-state index is 12.8. The first-order valence-corrected chi connectivity index (χ1v) is 7.10. The number of aromatic nitrogens is 2. The molecule has 0 saturated heterocycles. The Labute approximate surface area is 127 Å². The largest absolute Gasteiger partial charge is 0.326 e. The van der Waals surface area contributed by atoms with Crippen molar-refractivity contribution in [1.82, 2.24) is 9.78 Å². The van der Waals surface area contributed by atoms with Crippen LogP contribution in [0.2, 0.25) is 0 Å². The van der Waals surface area contributed by atoms with Crippen LogP contribution in [0.5, 0.6) is 0 Å². The van der Waals surface area contributed by atoms with Crippen molar-refractivity contribution < 1.29 is 9.18 Å². The summed E-state index contributed by atoms with van der Waals surface area (Å²) in [6.07, 6.45) is 2.13. The SMILES string of the molecule is Cc1cccc2c1cnn2CCC(=O)Nc1ccc(F)cc1. The highest BCUT2D eigenvalue weighted by molar-refractivity contribution is 5.90. The van der Waals surface area contributed by atoms with E-state index >= 15 is 0 Å². The maximum absolute atomic E-state index is 12.8. The molecule has 1 amide bonds. The number of hydrogen-bond acceptors (Lipinski definition) is 2. The van der Waals surface area contributed by atoms with Gasteiger partial charge in [0.2, 0.25) is 5.91 Å². The second-order valence-electron chi connectivity index (χ2n) is 5.18. The number of amides is 1. The number of nitrogens with one attached hydrogen (secondary N) is 1. The Morgan fingerprint density at radius 2 is 2.00 bits per heavy atom. The van der Waals surface area contributed by atoms with Crippen LogP contribution in [0.3, 0.4) is 0 Å². The molecule has 1 heterocycles. The number of nitrogens with zero attached hydrogens (tertiary/aromatic N) is 2. The summed E-state index contributed by atoms with van der Waals surface area (Å²) in [5.74, 6) is -0.445. The Morgan fingerprint density at radius 3 is 2.77 bits per heavy atom. The Hall–Kier alpha value is -2.69. The van der Waals surface area contributed by atoms with E-state index in [4.69, 9.17) is 0 Å². The van der Waals surface area contributed by atoms with Crippen LogP contribution in [0.15, 0.2) is 48.7 Å². The monoisotopic (exact) mass is 297 g/mol. The third-order valence-corrected chi connectivity index (χ3v) is 3.58. The molecule has 0 aliphatic carbocycles. The van der Waals surface area contributed by atoms with Crippen LogP contribution in [-0.4, -0.2) is 15.7 Å². The van der Waals surface area contributed by atoms with Crippen molar-refractivity contribution in [2.45, 2.75) is 19.9 Å². The van der Waals surface area contributed by atoms with Gasteiger partial charge in [0.25, 0.3) is 0 Å². The van der Waals surface area contributed by atoms with Gasteiger partial charge in [0.1, 0.15) is 5.82 Å². The summed E-state index contributed by atoms with van der Waals surface area (Å²) in [5.41, 5.74) is 2.78. The Morgan fingerprint density at radius 1 is 1.23 bits per heavy atom. The third-order valence-electron chi connectivity index (χ3n) is 3.58. The zero-order chi connectivity index (χ0) is 15.5. The van der Waals surface area contributed by atoms with Gasteiger partial charge in [0.15, 0.2) is 0 Å². The molecule has 0 aliphatic heterocycles. The summed E-state index contributed by atoms with van der Waals surface area (Å²) in [6, 6.07) is 11.7. The predicted molar refractivity (Wildman–Crippen MR) is 84.1 cm³/mol. The zero-order valence-corrected chi connectivity index (χ0v) is 12.2. The minimum atomic E-state index is -0.323. The Bertz CT molecular complexity index is 808. The fraction of sp³-hybridized carbons (Fsp3) is 0.176. The van der Waals surface area contributed by atoms with Gasteiger partial charge in [-0.15, -0.1) is 0 Å². The van der Waals surface area contributed by atoms with Gasteiger partial charge in [-0.3, -0.25) is 9.48 Å². The smallest absolute Gasteiger partial charge is 0.226 e. The fourth-order valence-electron chi connectivity index (χ4n) is 2.39. The van der Waals surface area contributed by atoms with Crippen molar-refractivity contribution in [3.63, 3.8) is 0 Å². The van der Waals surface area contributed by atoms with Crippen molar-refractivity contribution in [3.05, 3.63) is 60.0 Å². The summed E-state index contributed by atoms with van der Waals surface area (Å²) in [5, 5.41) is 8.18. The number of hydrogen-bond donors (Lipinski definition) is 1. The van der Waals surface area contributed by atoms with Gasteiger partial charge in [-0.05, 0) is 42.8 Å². The number of fused-ring (bicyclic) bond motifs is 1. The number of anilines is 1. The minimum absolute atomic E-state index is 0.122. The fourth-order valence-corrected chi connectivity index (χ4v) is 2.39. The minimum Gasteiger partial charge on any atom is -0.326 e. The second-order valence-corrected chi connectivity index (χ2v) is 5.18. The molecule has 0 atom stereocenters. The standard InChI is InChI=1S/C17H16FN3O/c1-12-3-2-4-16-15(12)11-19-21(16)10-9-17(22)20-14-7-5-13(18)6-8-14/h2-8,11H,9-10H2,1H3,(H,20,22). The van der Waals surface area contributed by atoms with Gasteiger partial charge in [-0.2, -0.15) is 5.10 Å². The van der Waals surface area contributed by atoms with Crippen molar-refractivity contribution >= 4 is 22.5 Å². The molecule has 1 aromatic heterocycles. The van der Waals surface area contributed by atoms with Gasteiger partial charge in [-0.1, -0.05) is 12.1 Å². The number of benzene rings is 2. The van der Waals surface area contributed by atoms with Gasteiger partial charge in [-0.25, -0.2) is 4.39 Å². The molecule has 1 N–H and O–H groups in total. The lowest BCUT2D eigenvalue weighted by atomic mass is 10.1. The number of aryl methyl sites for hydroxylation is 2. The number of halogens is 1. The van der Waals surface area contributed by atoms with E-state index in [9.17, 15) is 9.18 Å².